The standard InChI is InChI=1S/C12H24N2/c1-13(2)11-7-3-4-8-12(11)14-9-5-6-10-14/h11-12H,3-10H2,1-2H3. The predicted molar refractivity (Wildman–Crippen MR) is 60.5 cm³/mol. The van der Waals surface area contributed by atoms with E-state index in [0.717, 1.165) is 12.1 Å². The van der Waals surface area contributed by atoms with Gasteiger partial charge in [0.1, 0.15) is 0 Å². The molecular weight excluding hydrogens is 172 g/mol. The van der Waals surface area contributed by atoms with Crippen LogP contribution in [-0.2, 0) is 0 Å². The third-order valence-electron chi connectivity index (χ3n) is 3.97. The smallest absolute Gasteiger partial charge is 0.0251 e. The summed E-state index contributed by atoms with van der Waals surface area (Å²) in [5.74, 6) is 0. The van der Waals surface area contributed by atoms with E-state index in [9.17, 15) is 0 Å². The van der Waals surface area contributed by atoms with Gasteiger partial charge < -0.3 is 4.90 Å². The average molecular weight is 196 g/mol. The van der Waals surface area contributed by atoms with Crippen LogP contribution in [0.5, 0.6) is 0 Å². The van der Waals surface area contributed by atoms with E-state index < -0.39 is 0 Å². The molecule has 2 aliphatic rings. The number of hydrogen-bond donors (Lipinski definition) is 0. The molecule has 0 amide bonds. The normalized spacial score (nSPS) is 35.4. The van der Waals surface area contributed by atoms with Gasteiger partial charge in [-0.2, -0.15) is 0 Å². The molecule has 2 unspecified atom stereocenters. The molecule has 0 aromatic carbocycles. The summed E-state index contributed by atoms with van der Waals surface area (Å²) in [7, 11) is 4.50. The first kappa shape index (κ1) is 10.4. The molecule has 0 aromatic rings. The highest BCUT2D eigenvalue weighted by Gasteiger charge is 2.32. The summed E-state index contributed by atoms with van der Waals surface area (Å²) in [5.41, 5.74) is 0. The summed E-state index contributed by atoms with van der Waals surface area (Å²) in [4.78, 5) is 5.19. The molecule has 2 fully saturated rings. The minimum absolute atomic E-state index is 0.821. The number of rotatable bonds is 2. The van der Waals surface area contributed by atoms with Crippen LogP contribution in [0.25, 0.3) is 0 Å². The van der Waals surface area contributed by atoms with Gasteiger partial charge in [-0.25, -0.2) is 0 Å². The molecule has 1 heterocycles. The van der Waals surface area contributed by atoms with Crippen LogP contribution in [-0.4, -0.2) is 49.1 Å². The van der Waals surface area contributed by atoms with Gasteiger partial charge in [-0.3, -0.25) is 4.90 Å². The molecule has 2 atom stereocenters. The molecule has 1 saturated carbocycles. The lowest BCUT2D eigenvalue weighted by Crippen LogP contribution is -2.50. The van der Waals surface area contributed by atoms with Crippen molar-refractivity contribution in [2.45, 2.75) is 50.6 Å². The van der Waals surface area contributed by atoms with Crippen LogP contribution < -0.4 is 0 Å². The van der Waals surface area contributed by atoms with Crippen molar-refractivity contribution in [1.29, 1.82) is 0 Å². The molecule has 0 radical (unpaired) electrons. The number of hydrogen-bond acceptors (Lipinski definition) is 2. The summed E-state index contributed by atoms with van der Waals surface area (Å²) in [6, 6.07) is 1.68. The predicted octanol–water partition coefficient (Wildman–Crippen LogP) is 1.95. The minimum Gasteiger partial charge on any atom is -0.305 e. The Labute approximate surface area is 88.3 Å². The van der Waals surface area contributed by atoms with Crippen LogP contribution >= 0.6 is 0 Å². The zero-order chi connectivity index (χ0) is 9.97. The maximum atomic E-state index is 2.74. The third kappa shape index (κ3) is 2.12. The van der Waals surface area contributed by atoms with Crippen molar-refractivity contribution in [3.63, 3.8) is 0 Å². The third-order valence-corrected chi connectivity index (χ3v) is 3.97. The molecule has 0 aromatic heterocycles. The van der Waals surface area contributed by atoms with Gasteiger partial charge in [-0.15, -0.1) is 0 Å². The zero-order valence-corrected chi connectivity index (χ0v) is 9.71. The highest BCUT2D eigenvalue weighted by Crippen LogP contribution is 2.28. The maximum Gasteiger partial charge on any atom is 0.0251 e. The van der Waals surface area contributed by atoms with Crippen LogP contribution in [0.15, 0.2) is 0 Å². The Bertz CT molecular complexity index is 173. The van der Waals surface area contributed by atoms with Crippen molar-refractivity contribution < 1.29 is 0 Å². The molecule has 1 aliphatic carbocycles. The summed E-state index contributed by atoms with van der Waals surface area (Å²) >= 11 is 0. The molecule has 0 N–H and O–H groups in total. The molecule has 2 rings (SSSR count). The molecule has 0 spiro atoms. The Morgan fingerprint density at radius 3 is 2.21 bits per heavy atom. The van der Waals surface area contributed by atoms with Gasteiger partial charge in [-0.1, -0.05) is 12.8 Å². The van der Waals surface area contributed by atoms with Gasteiger partial charge in [0.15, 0.2) is 0 Å². The second-order valence-corrected chi connectivity index (χ2v) is 5.13. The first-order valence-corrected chi connectivity index (χ1v) is 6.19. The van der Waals surface area contributed by atoms with Gasteiger partial charge in [0.2, 0.25) is 0 Å². The van der Waals surface area contributed by atoms with Crippen molar-refractivity contribution in [3.05, 3.63) is 0 Å². The quantitative estimate of drug-likeness (QED) is 0.666. The highest BCUT2D eigenvalue weighted by molar-refractivity contribution is 4.89. The fourth-order valence-corrected chi connectivity index (χ4v) is 3.19. The van der Waals surface area contributed by atoms with E-state index in [-0.39, 0.29) is 0 Å². The fraction of sp³-hybridized carbons (Fsp3) is 1.00. The van der Waals surface area contributed by atoms with Crippen LogP contribution in [0, 0.1) is 0 Å². The maximum absolute atomic E-state index is 2.74. The second-order valence-electron chi connectivity index (χ2n) is 5.13. The summed E-state index contributed by atoms with van der Waals surface area (Å²) in [6.45, 7) is 2.71. The van der Waals surface area contributed by atoms with E-state index in [4.69, 9.17) is 0 Å². The molecule has 0 bridgehead atoms. The Hall–Kier alpha value is -0.0800. The van der Waals surface area contributed by atoms with Gasteiger partial charge in [0.25, 0.3) is 0 Å². The monoisotopic (exact) mass is 196 g/mol. The first-order chi connectivity index (χ1) is 6.79. The van der Waals surface area contributed by atoms with E-state index in [1.54, 1.807) is 0 Å². The van der Waals surface area contributed by atoms with Crippen LogP contribution in [0.2, 0.25) is 0 Å². The largest absolute Gasteiger partial charge is 0.305 e. The average Bonchev–Trinajstić information content (AvgIpc) is 2.70. The fourth-order valence-electron chi connectivity index (χ4n) is 3.19. The molecule has 14 heavy (non-hydrogen) atoms. The highest BCUT2D eigenvalue weighted by atomic mass is 15.2. The van der Waals surface area contributed by atoms with Gasteiger partial charge >= 0.3 is 0 Å². The van der Waals surface area contributed by atoms with Crippen molar-refractivity contribution in [2.75, 3.05) is 27.2 Å². The minimum atomic E-state index is 0.821. The molecule has 82 valence electrons. The van der Waals surface area contributed by atoms with Gasteiger partial charge in [0, 0.05) is 12.1 Å². The SMILES string of the molecule is CN(C)C1CCCCC1N1CCCC1. The van der Waals surface area contributed by atoms with Crippen molar-refractivity contribution in [2.24, 2.45) is 0 Å². The number of likely N-dealkylation sites (tertiary alicyclic amines) is 1. The number of likely N-dealkylation sites (N-methyl/N-ethyl adjacent to an activating group) is 1. The topological polar surface area (TPSA) is 6.48 Å². The lowest BCUT2D eigenvalue weighted by Gasteiger charge is -2.41. The van der Waals surface area contributed by atoms with Crippen LogP contribution in [0.4, 0.5) is 0 Å². The van der Waals surface area contributed by atoms with E-state index in [0.29, 0.717) is 0 Å². The van der Waals surface area contributed by atoms with Crippen molar-refractivity contribution in [1.82, 2.24) is 9.80 Å². The van der Waals surface area contributed by atoms with Gasteiger partial charge in [0.05, 0.1) is 0 Å². The van der Waals surface area contributed by atoms with Crippen LogP contribution in [0.3, 0.4) is 0 Å². The molecule has 1 aliphatic heterocycles. The Kier molecular flexibility index (Phi) is 3.45. The first-order valence-electron chi connectivity index (χ1n) is 6.19. The Morgan fingerprint density at radius 2 is 1.57 bits per heavy atom. The Balaban J connectivity index is 1.98. The Morgan fingerprint density at radius 1 is 0.929 bits per heavy atom. The molecule has 2 nitrogen and oxygen atoms in total. The number of nitrogens with zero attached hydrogens (tertiary/aromatic N) is 2. The van der Waals surface area contributed by atoms with Crippen molar-refractivity contribution in [3.8, 4) is 0 Å². The zero-order valence-electron chi connectivity index (χ0n) is 9.71. The lowest BCUT2D eigenvalue weighted by molar-refractivity contribution is 0.0912. The van der Waals surface area contributed by atoms with Crippen LogP contribution in [0.1, 0.15) is 38.5 Å². The summed E-state index contributed by atoms with van der Waals surface area (Å²) < 4.78 is 0. The molecule has 2 heteroatoms. The van der Waals surface area contributed by atoms with E-state index in [2.05, 4.69) is 23.9 Å². The van der Waals surface area contributed by atoms with Gasteiger partial charge in [-0.05, 0) is 52.9 Å². The van der Waals surface area contributed by atoms with E-state index >= 15 is 0 Å². The van der Waals surface area contributed by atoms with E-state index in [1.165, 1.54) is 51.6 Å². The molecular formula is C12H24N2. The summed E-state index contributed by atoms with van der Waals surface area (Å²) in [6.07, 6.45) is 8.59. The molecule has 1 saturated heterocycles. The van der Waals surface area contributed by atoms with Crippen molar-refractivity contribution >= 4 is 0 Å². The summed E-state index contributed by atoms with van der Waals surface area (Å²) in [5, 5.41) is 0. The lowest BCUT2D eigenvalue weighted by atomic mass is 9.88. The van der Waals surface area contributed by atoms with E-state index in [1.807, 2.05) is 0 Å². The second kappa shape index (κ2) is 4.63.